The number of rotatable bonds is 5. The molecule has 0 bridgehead atoms. The van der Waals surface area contributed by atoms with E-state index in [2.05, 4.69) is 11.4 Å². The lowest BCUT2D eigenvalue weighted by Crippen LogP contribution is -2.54. The second-order valence-electron chi connectivity index (χ2n) is 4.95. The summed E-state index contributed by atoms with van der Waals surface area (Å²) in [5.41, 5.74) is -0.0698. The van der Waals surface area contributed by atoms with Crippen molar-refractivity contribution in [1.29, 1.82) is 5.26 Å². The number of benzene rings is 1. The molecule has 5 nitrogen and oxygen atoms in total. The predicted octanol–water partition coefficient (Wildman–Crippen LogP) is 1.57. The first-order chi connectivity index (χ1) is 10.2. The van der Waals surface area contributed by atoms with Crippen LogP contribution in [0.25, 0.3) is 0 Å². The third-order valence-electron chi connectivity index (χ3n) is 3.56. The molecule has 1 saturated heterocycles. The van der Waals surface area contributed by atoms with Crippen LogP contribution in [-0.4, -0.2) is 42.1 Å². The summed E-state index contributed by atoms with van der Waals surface area (Å²) in [5.74, 6) is 0.0792. The molecule has 1 aliphatic rings. The van der Waals surface area contributed by atoms with Gasteiger partial charge in [-0.25, -0.2) is 0 Å². The summed E-state index contributed by atoms with van der Waals surface area (Å²) in [5, 5.41) is 21.3. The van der Waals surface area contributed by atoms with E-state index in [1.165, 1.54) is 11.8 Å². The van der Waals surface area contributed by atoms with Gasteiger partial charge in [0.2, 0.25) is 0 Å². The SMILES string of the molecule is N#CCSc1ccccc1C(=O)NC1(CO)CCOCC1. The Balaban J connectivity index is 2.14. The van der Waals surface area contributed by atoms with Crippen LogP contribution >= 0.6 is 11.8 Å². The van der Waals surface area contributed by atoms with Crippen LogP contribution < -0.4 is 5.32 Å². The Kier molecular flexibility index (Phi) is 5.62. The van der Waals surface area contributed by atoms with E-state index in [4.69, 9.17) is 10.00 Å². The van der Waals surface area contributed by atoms with Crippen molar-refractivity contribution in [1.82, 2.24) is 5.32 Å². The summed E-state index contributed by atoms with van der Waals surface area (Å²) in [6.07, 6.45) is 1.20. The van der Waals surface area contributed by atoms with Crippen LogP contribution in [0.3, 0.4) is 0 Å². The molecule has 112 valence electrons. The Labute approximate surface area is 128 Å². The van der Waals surface area contributed by atoms with Crippen molar-refractivity contribution in [3.63, 3.8) is 0 Å². The molecule has 6 heteroatoms. The van der Waals surface area contributed by atoms with Crippen molar-refractivity contribution in [3.8, 4) is 6.07 Å². The molecule has 1 heterocycles. The van der Waals surface area contributed by atoms with Gasteiger partial charge in [-0.3, -0.25) is 4.79 Å². The minimum Gasteiger partial charge on any atom is -0.394 e. The van der Waals surface area contributed by atoms with Crippen molar-refractivity contribution < 1.29 is 14.6 Å². The molecule has 0 saturated carbocycles. The number of nitriles is 1. The Morgan fingerprint density at radius 3 is 2.81 bits per heavy atom. The predicted molar refractivity (Wildman–Crippen MR) is 80.1 cm³/mol. The molecule has 1 aliphatic heterocycles. The van der Waals surface area contributed by atoms with Gasteiger partial charge in [0.25, 0.3) is 5.91 Å². The Morgan fingerprint density at radius 1 is 1.43 bits per heavy atom. The number of ether oxygens (including phenoxy) is 1. The Bertz CT molecular complexity index is 536. The number of thioether (sulfide) groups is 1. The van der Waals surface area contributed by atoms with E-state index in [0.29, 0.717) is 37.4 Å². The van der Waals surface area contributed by atoms with Crippen LogP contribution in [0.5, 0.6) is 0 Å². The van der Waals surface area contributed by atoms with Crippen molar-refractivity contribution >= 4 is 17.7 Å². The van der Waals surface area contributed by atoms with E-state index in [0.717, 1.165) is 4.90 Å². The molecule has 0 aliphatic carbocycles. The molecule has 0 unspecified atom stereocenters. The van der Waals surface area contributed by atoms with E-state index in [1.54, 1.807) is 12.1 Å². The summed E-state index contributed by atoms with van der Waals surface area (Å²) in [6, 6.07) is 9.25. The zero-order valence-corrected chi connectivity index (χ0v) is 12.5. The number of carbonyl (C=O) groups excluding carboxylic acids is 1. The molecule has 1 fully saturated rings. The second-order valence-corrected chi connectivity index (χ2v) is 5.97. The highest BCUT2D eigenvalue weighted by atomic mass is 32.2. The lowest BCUT2D eigenvalue weighted by atomic mass is 9.90. The molecule has 1 amide bonds. The van der Waals surface area contributed by atoms with Gasteiger partial charge in [-0.05, 0) is 25.0 Å². The van der Waals surface area contributed by atoms with Gasteiger partial charge in [-0.15, -0.1) is 11.8 Å². The zero-order valence-electron chi connectivity index (χ0n) is 11.7. The van der Waals surface area contributed by atoms with Gasteiger partial charge in [0, 0.05) is 18.1 Å². The van der Waals surface area contributed by atoms with E-state index in [1.807, 2.05) is 12.1 Å². The number of nitrogens with zero attached hydrogens (tertiary/aromatic N) is 1. The van der Waals surface area contributed by atoms with E-state index >= 15 is 0 Å². The lowest BCUT2D eigenvalue weighted by Gasteiger charge is -2.36. The molecule has 21 heavy (non-hydrogen) atoms. The summed E-state index contributed by atoms with van der Waals surface area (Å²) in [7, 11) is 0. The number of aliphatic hydroxyl groups excluding tert-OH is 1. The maximum atomic E-state index is 12.5. The van der Waals surface area contributed by atoms with Crippen LogP contribution in [0.1, 0.15) is 23.2 Å². The minimum atomic E-state index is -0.609. The highest BCUT2D eigenvalue weighted by Crippen LogP contribution is 2.25. The molecular weight excluding hydrogens is 288 g/mol. The molecular formula is C15H18N2O3S. The molecule has 2 rings (SSSR count). The summed E-state index contributed by atoms with van der Waals surface area (Å²) in [4.78, 5) is 13.3. The standard InChI is InChI=1S/C15H18N2O3S/c16-7-10-21-13-4-2-1-3-12(13)14(19)17-15(11-18)5-8-20-9-6-15/h1-4,18H,5-6,8-11H2,(H,17,19). The number of nitrogens with one attached hydrogen (secondary N) is 1. The van der Waals surface area contributed by atoms with Crippen LogP contribution in [-0.2, 0) is 4.74 Å². The van der Waals surface area contributed by atoms with Crippen LogP contribution in [0, 0.1) is 11.3 Å². The van der Waals surface area contributed by atoms with Gasteiger partial charge in [0.15, 0.2) is 0 Å². The van der Waals surface area contributed by atoms with Crippen molar-refractivity contribution in [3.05, 3.63) is 29.8 Å². The monoisotopic (exact) mass is 306 g/mol. The van der Waals surface area contributed by atoms with Crippen LogP contribution in [0.4, 0.5) is 0 Å². The minimum absolute atomic E-state index is 0.102. The van der Waals surface area contributed by atoms with Crippen molar-refractivity contribution in [2.75, 3.05) is 25.6 Å². The molecule has 0 radical (unpaired) electrons. The average Bonchev–Trinajstić information content (AvgIpc) is 2.54. The number of aliphatic hydroxyl groups is 1. The second kappa shape index (κ2) is 7.46. The van der Waals surface area contributed by atoms with E-state index in [9.17, 15) is 9.90 Å². The number of amides is 1. The maximum Gasteiger partial charge on any atom is 0.252 e. The number of hydrogen-bond acceptors (Lipinski definition) is 5. The van der Waals surface area contributed by atoms with Crippen LogP contribution in [0.15, 0.2) is 29.2 Å². The van der Waals surface area contributed by atoms with Crippen molar-refractivity contribution in [2.24, 2.45) is 0 Å². The maximum absolute atomic E-state index is 12.5. The summed E-state index contributed by atoms with van der Waals surface area (Å²) in [6.45, 7) is 0.965. The van der Waals surface area contributed by atoms with Gasteiger partial charge in [0.1, 0.15) is 0 Å². The van der Waals surface area contributed by atoms with Gasteiger partial charge >= 0.3 is 0 Å². The number of carbonyl (C=O) groups is 1. The zero-order chi connectivity index (χ0) is 15.1. The first-order valence-electron chi connectivity index (χ1n) is 6.81. The third kappa shape index (κ3) is 3.97. The highest BCUT2D eigenvalue weighted by molar-refractivity contribution is 7.99. The van der Waals surface area contributed by atoms with Crippen LogP contribution in [0.2, 0.25) is 0 Å². The average molecular weight is 306 g/mol. The first kappa shape index (κ1) is 15.8. The normalized spacial score (nSPS) is 17.0. The quantitative estimate of drug-likeness (QED) is 0.807. The molecule has 0 aromatic heterocycles. The van der Waals surface area contributed by atoms with Gasteiger partial charge in [0.05, 0.1) is 29.5 Å². The van der Waals surface area contributed by atoms with Gasteiger partial charge in [-0.1, -0.05) is 12.1 Å². The lowest BCUT2D eigenvalue weighted by molar-refractivity contribution is 0.0125. The fourth-order valence-electron chi connectivity index (χ4n) is 2.28. The van der Waals surface area contributed by atoms with E-state index in [-0.39, 0.29) is 12.5 Å². The molecule has 1 aromatic rings. The van der Waals surface area contributed by atoms with Gasteiger partial charge in [-0.2, -0.15) is 5.26 Å². The fourth-order valence-corrected chi connectivity index (χ4v) is 2.99. The van der Waals surface area contributed by atoms with Crippen molar-refractivity contribution in [2.45, 2.75) is 23.3 Å². The summed E-state index contributed by atoms with van der Waals surface area (Å²) >= 11 is 1.33. The fraction of sp³-hybridized carbons (Fsp3) is 0.467. The first-order valence-corrected chi connectivity index (χ1v) is 7.79. The molecule has 1 aromatic carbocycles. The largest absolute Gasteiger partial charge is 0.394 e. The summed E-state index contributed by atoms with van der Waals surface area (Å²) < 4.78 is 5.29. The molecule has 0 atom stereocenters. The molecule has 0 spiro atoms. The highest BCUT2D eigenvalue weighted by Gasteiger charge is 2.34. The smallest absolute Gasteiger partial charge is 0.252 e. The Morgan fingerprint density at radius 2 is 2.14 bits per heavy atom. The topological polar surface area (TPSA) is 82.4 Å². The third-order valence-corrected chi connectivity index (χ3v) is 4.50. The number of hydrogen-bond donors (Lipinski definition) is 2. The van der Waals surface area contributed by atoms with Gasteiger partial charge < -0.3 is 15.2 Å². The van der Waals surface area contributed by atoms with E-state index < -0.39 is 5.54 Å². The Hall–Kier alpha value is -1.55. The molecule has 2 N–H and O–H groups in total.